The van der Waals surface area contributed by atoms with Crippen LogP contribution < -0.4 is 0 Å². The fourth-order valence-corrected chi connectivity index (χ4v) is 3.70. The summed E-state index contributed by atoms with van der Waals surface area (Å²) < 4.78 is 13.0. The topological polar surface area (TPSA) is 25.2 Å². The van der Waals surface area contributed by atoms with Crippen molar-refractivity contribution >= 4 is 35.6 Å². The first-order chi connectivity index (χ1) is 10.8. The van der Waals surface area contributed by atoms with Crippen LogP contribution in [0.1, 0.15) is 0 Å². The molecule has 0 fully saturated rings. The van der Waals surface area contributed by atoms with E-state index in [1.807, 2.05) is 48.7 Å². The van der Waals surface area contributed by atoms with Gasteiger partial charge in [-0.15, -0.1) is 0 Å². The lowest BCUT2D eigenvalue weighted by molar-refractivity contribution is 0.652. The van der Waals surface area contributed by atoms with Crippen LogP contribution in [0.4, 0.5) is 0 Å². The minimum absolute atomic E-state index is 0.700. The number of hydrogen-bond donors (Lipinski definition) is 1. The van der Waals surface area contributed by atoms with Gasteiger partial charge in [0.2, 0.25) is 1.43 Å². The molecular weight excluding hydrogens is 322 g/mol. The molecule has 1 aromatic heterocycles. The Hall–Kier alpha value is -1.33. The lowest BCUT2D eigenvalue weighted by Crippen LogP contribution is -1.85. The number of aromatic nitrogens is 1. The largest absolute Gasteiger partial charge is 0.312 e. The predicted molar refractivity (Wildman–Crippen MR) is 91.1 cm³/mol. The fourth-order valence-electron chi connectivity index (χ4n) is 2.03. The molecule has 0 aliphatic rings. The lowest BCUT2D eigenvalue weighted by Gasteiger charge is -2.08. The van der Waals surface area contributed by atoms with Crippen LogP contribution in [-0.4, -0.2) is 8.53 Å². The first kappa shape index (κ1) is 13.3. The summed E-state index contributed by atoms with van der Waals surface area (Å²) >= 11 is 8.80. The Kier molecular flexibility index (Phi) is 4.21. The maximum Gasteiger partial charge on any atom is 0.230 e. The van der Waals surface area contributed by atoms with Crippen LogP contribution in [-0.2, 0) is 0 Å². The van der Waals surface area contributed by atoms with E-state index in [1.54, 1.807) is 15.7 Å². The molecule has 0 atom stereocenters. The Labute approximate surface area is 138 Å². The quantitative estimate of drug-likeness (QED) is 0.585. The first-order valence-corrected chi connectivity index (χ1v) is 8.17. The summed E-state index contributed by atoms with van der Waals surface area (Å²) in [6, 6.07) is 20.0. The van der Waals surface area contributed by atoms with Crippen LogP contribution in [0.3, 0.4) is 0 Å². The van der Waals surface area contributed by atoms with Gasteiger partial charge in [-0.25, -0.2) is 0 Å². The summed E-state index contributed by atoms with van der Waals surface area (Å²) in [7, 11) is 0. The molecule has 21 heavy (non-hydrogen) atoms. The van der Waals surface area contributed by atoms with Gasteiger partial charge < -0.3 is 4.56 Å². The third kappa shape index (κ3) is 3.47. The van der Waals surface area contributed by atoms with Gasteiger partial charge in [0.15, 0.2) is 0 Å². The van der Waals surface area contributed by atoms with Gasteiger partial charge in [0.1, 0.15) is 12.2 Å². The number of hydrogen-bond acceptors (Lipinski definition) is 3. The Morgan fingerprint density at radius 3 is 2.67 bits per heavy atom. The highest BCUT2D eigenvalue weighted by Crippen LogP contribution is 2.34. The molecular formula is C16H12ClNOS2. The van der Waals surface area contributed by atoms with Crippen molar-refractivity contribution in [3.8, 4) is 11.1 Å². The maximum absolute atomic E-state index is 6.85. The number of benzene rings is 2. The van der Waals surface area contributed by atoms with E-state index in [0.717, 1.165) is 33.3 Å². The van der Waals surface area contributed by atoms with Gasteiger partial charge in [-0.2, -0.15) is 0 Å². The highest BCUT2D eigenvalue weighted by atomic mass is 35.5. The average Bonchev–Trinajstić information content (AvgIpc) is 2.95. The standard InChI is InChI=1S/C16H12ClNOS2/c17-14-9-13(12-5-2-1-3-6-12)10-15(11-14)20-16-7-4-8-18(16)21-19/h1-11,19H/i/hT. The van der Waals surface area contributed by atoms with Crippen molar-refractivity contribution in [3.05, 3.63) is 71.9 Å². The monoisotopic (exact) mass is 335 g/mol. The Morgan fingerprint density at radius 1 is 1.00 bits per heavy atom. The molecule has 0 bridgehead atoms. The SMILES string of the molecule is [3H]OSn1cccc1Sc1cc(Cl)cc(-c2ccccc2)c1. The summed E-state index contributed by atoms with van der Waals surface area (Å²) in [5, 5.41) is 1.67. The van der Waals surface area contributed by atoms with E-state index in [-0.39, 0.29) is 0 Å². The highest BCUT2D eigenvalue weighted by molar-refractivity contribution is 8.00. The van der Waals surface area contributed by atoms with E-state index in [2.05, 4.69) is 22.8 Å². The zero-order chi connectivity index (χ0) is 15.4. The molecule has 3 rings (SSSR count). The minimum Gasteiger partial charge on any atom is -0.312 e. The van der Waals surface area contributed by atoms with Crippen LogP contribution in [0.5, 0.6) is 0 Å². The Morgan fingerprint density at radius 2 is 1.86 bits per heavy atom. The Bertz CT molecular complexity index is 764. The van der Waals surface area contributed by atoms with Gasteiger partial charge in [0.25, 0.3) is 0 Å². The molecule has 0 aliphatic carbocycles. The van der Waals surface area contributed by atoms with E-state index < -0.39 is 0 Å². The molecule has 106 valence electrons. The minimum atomic E-state index is 0.700. The molecule has 0 aliphatic heterocycles. The third-order valence-corrected chi connectivity index (χ3v) is 4.78. The summed E-state index contributed by atoms with van der Waals surface area (Å²) in [5.74, 6) is 0. The molecule has 0 saturated heterocycles. The zero-order valence-electron chi connectivity index (χ0n) is 11.9. The molecule has 0 unspecified atom stereocenters. The molecule has 0 spiro atoms. The summed E-state index contributed by atoms with van der Waals surface area (Å²) in [6.07, 6.45) is 1.85. The van der Waals surface area contributed by atoms with E-state index >= 15 is 0 Å². The van der Waals surface area contributed by atoms with E-state index in [4.69, 9.17) is 13.0 Å². The molecule has 5 heteroatoms. The van der Waals surface area contributed by atoms with Gasteiger partial charge >= 0.3 is 0 Å². The Balaban J connectivity index is 1.91. The van der Waals surface area contributed by atoms with Gasteiger partial charge in [-0.1, -0.05) is 53.7 Å². The van der Waals surface area contributed by atoms with Gasteiger partial charge in [0.05, 0.1) is 5.03 Å². The molecule has 2 aromatic carbocycles. The van der Waals surface area contributed by atoms with Gasteiger partial charge in [-0.3, -0.25) is 3.97 Å². The van der Waals surface area contributed by atoms with E-state index in [1.165, 1.54) is 0 Å². The van der Waals surface area contributed by atoms with Crippen LogP contribution in [0, 0.1) is 0 Å². The van der Waals surface area contributed by atoms with E-state index in [0.29, 0.717) is 5.02 Å². The molecule has 1 heterocycles. The van der Waals surface area contributed by atoms with Crippen molar-refractivity contribution in [1.82, 2.24) is 3.97 Å². The van der Waals surface area contributed by atoms with Gasteiger partial charge in [-0.05, 0) is 41.5 Å². The summed E-state index contributed by atoms with van der Waals surface area (Å²) in [6.45, 7) is 0. The fraction of sp³-hybridized carbons (Fsp3) is 0. The van der Waals surface area contributed by atoms with Crippen molar-refractivity contribution in [2.75, 3.05) is 0 Å². The molecule has 2 nitrogen and oxygen atoms in total. The second kappa shape index (κ2) is 6.62. The molecule has 1 N–H and O–H groups in total. The van der Waals surface area contributed by atoms with Crippen molar-refractivity contribution in [1.29, 1.82) is 1.43 Å². The molecule has 3 aromatic rings. The van der Waals surface area contributed by atoms with Crippen molar-refractivity contribution in [2.45, 2.75) is 9.92 Å². The normalized spacial score (nSPS) is 11.4. The maximum atomic E-state index is 6.85. The van der Waals surface area contributed by atoms with Crippen LogP contribution in [0.15, 0.2) is 76.8 Å². The number of halogens is 1. The molecule has 0 radical (unpaired) electrons. The second-order valence-electron chi connectivity index (χ2n) is 4.39. The van der Waals surface area contributed by atoms with Gasteiger partial charge in [0, 0.05) is 16.1 Å². The second-order valence-corrected chi connectivity index (χ2v) is 6.46. The average molecular weight is 336 g/mol. The lowest BCUT2D eigenvalue weighted by atomic mass is 10.1. The number of rotatable bonds is 5. The van der Waals surface area contributed by atoms with E-state index in [9.17, 15) is 0 Å². The van der Waals surface area contributed by atoms with Crippen molar-refractivity contribution in [2.24, 2.45) is 0 Å². The van der Waals surface area contributed by atoms with Crippen LogP contribution >= 0.6 is 35.6 Å². The zero-order valence-corrected chi connectivity index (χ0v) is 13.3. The highest BCUT2D eigenvalue weighted by Gasteiger charge is 2.07. The van der Waals surface area contributed by atoms with Crippen molar-refractivity contribution < 1.29 is 4.56 Å². The first-order valence-electron chi connectivity index (χ1n) is 6.68. The predicted octanol–water partition coefficient (Wildman–Crippen LogP) is 5.93. The molecule has 0 amide bonds. The van der Waals surface area contributed by atoms with Crippen LogP contribution in [0.25, 0.3) is 12.6 Å². The third-order valence-electron chi connectivity index (χ3n) is 2.96. The molecule has 0 saturated carbocycles. The summed E-state index contributed by atoms with van der Waals surface area (Å²) in [4.78, 5) is 1.04. The smallest absolute Gasteiger partial charge is 0.230 e. The summed E-state index contributed by atoms with van der Waals surface area (Å²) in [5.41, 5.74) is 2.21. The van der Waals surface area contributed by atoms with Crippen LogP contribution in [0.2, 0.25) is 5.02 Å². The van der Waals surface area contributed by atoms with Crippen molar-refractivity contribution in [3.63, 3.8) is 0 Å². The number of nitrogens with zero attached hydrogens (tertiary/aromatic N) is 1.